The topological polar surface area (TPSA) is 108 Å². The summed E-state index contributed by atoms with van der Waals surface area (Å²) in [7, 11) is 0. The van der Waals surface area contributed by atoms with Gasteiger partial charge in [-0.3, -0.25) is 0 Å². The Morgan fingerprint density at radius 2 is 1.75 bits per heavy atom. The molecule has 2 amide bonds. The van der Waals surface area contributed by atoms with Crippen molar-refractivity contribution in [1.82, 2.24) is 5.43 Å². The Kier molecular flexibility index (Phi) is 3.85. The lowest BCUT2D eigenvalue weighted by Crippen LogP contribution is -2.24. The van der Waals surface area contributed by atoms with E-state index in [4.69, 9.17) is 5.73 Å². The van der Waals surface area contributed by atoms with Gasteiger partial charge >= 0.3 is 6.03 Å². The number of aromatic hydroxyl groups is 2. The summed E-state index contributed by atoms with van der Waals surface area (Å²) >= 11 is 0. The number of hydrogen-bond acceptors (Lipinski definition) is 4. The first-order valence-corrected chi connectivity index (χ1v) is 5.77. The van der Waals surface area contributed by atoms with E-state index in [9.17, 15) is 15.0 Å². The number of primary amides is 1. The molecule has 2 aromatic carbocycles. The molecule has 2 rings (SSSR count). The number of hydrogen-bond donors (Lipinski definition) is 4. The van der Waals surface area contributed by atoms with Crippen molar-refractivity contribution in [2.75, 3.05) is 0 Å². The van der Waals surface area contributed by atoms with E-state index in [1.165, 1.54) is 12.3 Å². The molecule has 0 aliphatic rings. The van der Waals surface area contributed by atoms with Crippen LogP contribution in [0.15, 0.2) is 47.6 Å². The smallest absolute Gasteiger partial charge is 0.332 e. The molecule has 0 unspecified atom stereocenters. The number of rotatable bonds is 3. The third-order valence-corrected chi connectivity index (χ3v) is 2.61. The highest BCUT2D eigenvalue weighted by Gasteiger charge is 2.03. The number of carbonyl (C=O) groups is 1. The van der Waals surface area contributed by atoms with Gasteiger partial charge in [-0.15, -0.1) is 0 Å². The number of nitrogens with zero attached hydrogens (tertiary/aromatic N) is 1. The van der Waals surface area contributed by atoms with E-state index in [-0.39, 0.29) is 11.5 Å². The molecule has 0 aromatic heterocycles. The van der Waals surface area contributed by atoms with Crippen LogP contribution < -0.4 is 11.2 Å². The van der Waals surface area contributed by atoms with Gasteiger partial charge in [0.15, 0.2) is 0 Å². The maximum atomic E-state index is 10.5. The molecule has 102 valence electrons. The standard InChI is InChI=1S/C14H13N3O3/c15-14(20)17-16-8-11-7-10(3-6-13(11)19)9-1-4-12(18)5-2-9/h1-8,18-19H,(H3,15,17,20). The van der Waals surface area contributed by atoms with Crippen molar-refractivity contribution >= 4 is 12.2 Å². The van der Waals surface area contributed by atoms with Crippen LogP contribution in [-0.2, 0) is 0 Å². The fourth-order valence-electron chi connectivity index (χ4n) is 1.66. The highest BCUT2D eigenvalue weighted by molar-refractivity contribution is 5.87. The molecule has 0 heterocycles. The Labute approximate surface area is 115 Å². The van der Waals surface area contributed by atoms with Gasteiger partial charge in [0.2, 0.25) is 0 Å². The minimum atomic E-state index is -0.782. The number of nitrogens with one attached hydrogen (secondary N) is 1. The Bertz CT molecular complexity index is 651. The van der Waals surface area contributed by atoms with Crippen LogP contribution in [-0.4, -0.2) is 22.5 Å². The van der Waals surface area contributed by atoms with Gasteiger partial charge in [0.05, 0.1) is 6.21 Å². The largest absolute Gasteiger partial charge is 0.508 e. The second kappa shape index (κ2) is 5.75. The molecule has 0 saturated heterocycles. The van der Waals surface area contributed by atoms with E-state index >= 15 is 0 Å². The summed E-state index contributed by atoms with van der Waals surface area (Å²) in [6.45, 7) is 0. The molecule has 0 spiro atoms. The van der Waals surface area contributed by atoms with Crippen molar-refractivity contribution in [3.63, 3.8) is 0 Å². The van der Waals surface area contributed by atoms with E-state index in [0.717, 1.165) is 11.1 Å². The van der Waals surface area contributed by atoms with Crippen LogP contribution in [0.1, 0.15) is 5.56 Å². The number of hydrazone groups is 1. The second-order valence-corrected chi connectivity index (χ2v) is 4.05. The van der Waals surface area contributed by atoms with E-state index in [2.05, 4.69) is 10.5 Å². The van der Waals surface area contributed by atoms with Crippen LogP contribution >= 0.6 is 0 Å². The summed E-state index contributed by atoms with van der Waals surface area (Å²) in [4.78, 5) is 10.5. The molecule has 5 N–H and O–H groups in total. The minimum Gasteiger partial charge on any atom is -0.508 e. The second-order valence-electron chi connectivity index (χ2n) is 4.05. The van der Waals surface area contributed by atoms with E-state index in [1.807, 2.05) is 0 Å². The van der Waals surface area contributed by atoms with Gasteiger partial charge in [0, 0.05) is 5.56 Å². The predicted molar refractivity (Wildman–Crippen MR) is 75.5 cm³/mol. The summed E-state index contributed by atoms with van der Waals surface area (Å²) < 4.78 is 0. The maximum Gasteiger partial charge on any atom is 0.332 e. The zero-order chi connectivity index (χ0) is 14.5. The summed E-state index contributed by atoms with van der Waals surface area (Å²) in [6.07, 6.45) is 1.30. The molecule has 0 aliphatic carbocycles. The van der Waals surface area contributed by atoms with Gasteiger partial charge in [0.1, 0.15) is 11.5 Å². The van der Waals surface area contributed by atoms with Crippen molar-refractivity contribution in [2.24, 2.45) is 10.8 Å². The molecule has 20 heavy (non-hydrogen) atoms. The van der Waals surface area contributed by atoms with Crippen LogP contribution in [0.5, 0.6) is 11.5 Å². The number of phenolic OH excluding ortho intramolecular Hbond substituents is 2. The first-order chi connectivity index (χ1) is 9.56. The number of urea groups is 1. The zero-order valence-corrected chi connectivity index (χ0v) is 10.4. The monoisotopic (exact) mass is 271 g/mol. The van der Waals surface area contributed by atoms with Crippen LogP contribution in [0.25, 0.3) is 11.1 Å². The summed E-state index contributed by atoms with van der Waals surface area (Å²) in [5.74, 6) is 0.211. The molecule has 0 saturated carbocycles. The first-order valence-electron chi connectivity index (χ1n) is 5.77. The number of amides is 2. The van der Waals surface area contributed by atoms with Gasteiger partial charge in [-0.05, 0) is 35.4 Å². The zero-order valence-electron chi connectivity index (χ0n) is 10.4. The normalized spacial score (nSPS) is 10.6. The fourth-order valence-corrected chi connectivity index (χ4v) is 1.66. The summed E-state index contributed by atoms with van der Waals surface area (Å²) in [5, 5.41) is 22.6. The van der Waals surface area contributed by atoms with Gasteiger partial charge in [-0.2, -0.15) is 5.10 Å². The predicted octanol–water partition coefficient (Wildman–Crippen LogP) is 1.77. The lowest BCUT2D eigenvalue weighted by Gasteiger charge is -2.05. The van der Waals surface area contributed by atoms with Crippen molar-refractivity contribution in [3.8, 4) is 22.6 Å². The first kappa shape index (κ1) is 13.4. The van der Waals surface area contributed by atoms with Crippen LogP contribution in [0.3, 0.4) is 0 Å². The number of phenols is 2. The average Bonchev–Trinajstić information content (AvgIpc) is 2.41. The summed E-state index contributed by atoms with van der Waals surface area (Å²) in [5.41, 5.74) is 9.08. The van der Waals surface area contributed by atoms with E-state index in [0.29, 0.717) is 5.56 Å². The van der Waals surface area contributed by atoms with Crippen LogP contribution in [0, 0.1) is 0 Å². The quantitative estimate of drug-likeness (QED) is 0.504. The third kappa shape index (κ3) is 3.26. The molecular weight excluding hydrogens is 258 g/mol. The minimum absolute atomic E-state index is 0.0301. The number of benzene rings is 2. The van der Waals surface area contributed by atoms with Crippen molar-refractivity contribution in [1.29, 1.82) is 0 Å². The van der Waals surface area contributed by atoms with Crippen molar-refractivity contribution in [2.45, 2.75) is 0 Å². The van der Waals surface area contributed by atoms with Crippen molar-refractivity contribution < 1.29 is 15.0 Å². The molecule has 0 bridgehead atoms. The van der Waals surface area contributed by atoms with Gasteiger partial charge < -0.3 is 15.9 Å². The molecule has 0 radical (unpaired) electrons. The maximum absolute atomic E-state index is 10.5. The Morgan fingerprint density at radius 3 is 2.40 bits per heavy atom. The summed E-state index contributed by atoms with van der Waals surface area (Å²) in [6, 6.07) is 10.8. The van der Waals surface area contributed by atoms with E-state index < -0.39 is 6.03 Å². The highest BCUT2D eigenvalue weighted by Crippen LogP contribution is 2.26. The Balaban J connectivity index is 2.30. The lowest BCUT2D eigenvalue weighted by molar-refractivity contribution is 0.249. The third-order valence-electron chi connectivity index (χ3n) is 2.61. The number of carbonyl (C=O) groups excluding carboxylic acids is 1. The van der Waals surface area contributed by atoms with E-state index in [1.54, 1.807) is 36.4 Å². The van der Waals surface area contributed by atoms with Gasteiger partial charge in [0.25, 0.3) is 0 Å². The molecule has 0 atom stereocenters. The average molecular weight is 271 g/mol. The highest BCUT2D eigenvalue weighted by atomic mass is 16.3. The molecular formula is C14H13N3O3. The fraction of sp³-hybridized carbons (Fsp3) is 0. The Hall–Kier alpha value is -3.02. The molecule has 6 heteroatoms. The van der Waals surface area contributed by atoms with Gasteiger partial charge in [-0.25, -0.2) is 10.2 Å². The molecule has 0 aliphatic heterocycles. The molecule has 6 nitrogen and oxygen atoms in total. The Morgan fingerprint density at radius 1 is 1.10 bits per heavy atom. The van der Waals surface area contributed by atoms with Crippen LogP contribution in [0.2, 0.25) is 0 Å². The SMILES string of the molecule is NC(=O)NN=Cc1cc(-c2ccc(O)cc2)ccc1O. The van der Waals surface area contributed by atoms with Gasteiger partial charge in [-0.1, -0.05) is 18.2 Å². The number of nitrogens with two attached hydrogens (primary N) is 1. The molecule has 2 aromatic rings. The molecule has 0 fully saturated rings. The van der Waals surface area contributed by atoms with Crippen LogP contribution in [0.4, 0.5) is 4.79 Å². The van der Waals surface area contributed by atoms with Crippen molar-refractivity contribution in [3.05, 3.63) is 48.0 Å². The lowest BCUT2D eigenvalue weighted by atomic mass is 10.0.